The summed E-state index contributed by atoms with van der Waals surface area (Å²) in [5, 5.41) is 0. The Kier molecular flexibility index (Phi) is 9.17. The molecule has 1 N–H and O–H groups in total. The van der Waals surface area contributed by atoms with Gasteiger partial charge in [0.2, 0.25) is 10.0 Å². The predicted molar refractivity (Wildman–Crippen MR) is 109 cm³/mol. The van der Waals surface area contributed by atoms with Crippen LogP contribution in [0.1, 0.15) is 25.8 Å². The molecule has 1 aromatic rings. The second kappa shape index (κ2) is 11.1. The molecule has 7 nitrogen and oxygen atoms in total. The highest BCUT2D eigenvalue weighted by Crippen LogP contribution is 2.22. The minimum atomic E-state index is -3.58. The number of nitrogens with zero attached hydrogens (tertiary/aromatic N) is 1. The van der Waals surface area contributed by atoms with Gasteiger partial charge in [-0.05, 0) is 43.0 Å². The van der Waals surface area contributed by atoms with Crippen LogP contribution in [0.2, 0.25) is 0 Å². The SMILES string of the molecule is COCCOc1ccc(S(=O)(=O)NCC(CC(C)C)N2CCOCC2)cc1C. The Morgan fingerprint density at radius 3 is 2.54 bits per heavy atom. The Morgan fingerprint density at radius 1 is 1.21 bits per heavy atom. The zero-order valence-corrected chi connectivity index (χ0v) is 18.3. The molecule has 0 radical (unpaired) electrons. The van der Waals surface area contributed by atoms with Gasteiger partial charge in [-0.3, -0.25) is 4.90 Å². The van der Waals surface area contributed by atoms with Crippen LogP contribution in [0.5, 0.6) is 5.75 Å². The van der Waals surface area contributed by atoms with E-state index < -0.39 is 10.0 Å². The van der Waals surface area contributed by atoms with Gasteiger partial charge < -0.3 is 14.2 Å². The Labute approximate surface area is 169 Å². The highest BCUT2D eigenvalue weighted by Gasteiger charge is 2.24. The largest absolute Gasteiger partial charge is 0.491 e. The van der Waals surface area contributed by atoms with E-state index in [1.165, 1.54) is 0 Å². The molecule has 1 saturated heterocycles. The number of morpholine rings is 1. The summed E-state index contributed by atoms with van der Waals surface area (Å²) in [4.78, 5) is 2.58. The third-order valence-electron chi connectivity index (χ3n) is 4.82. The molecule has 0 saturated carbocycles. The van der Waals surface area contributed by atoms with E-state index in [4.69, 9.17) is 14.2 Å². The van der Waals surface area contributed by atoms with Gasteiger partial charge in [-0.2, -0.15) is 0 Å². The lowest BCUT2D eigenvalue weighted by Gasteiger charge is -2.35. The van der Waals surface area contributed by atoms with Crippen molar-refractivity contribution >= 4 is 10.0 Å². The lowest BCUT2D eigenvalue weighted by molar-refractivity contribution is 0.0134. The first kappa shape index (κ1) is 23.1. The van der Waals surface area contributed by atoms with Crippen LogP contribution in [0.3, 0.4) is 0 Å². The zero-order valence-electron chi connectivity index (χ0n) is 17.4. The summed E-state index contributed by atoms with van der Waals surface area (Å²) in [7, 11) is -1.97. The maximum atomic E-state index is 12.8. The van der Waals surface area contributed by atoms with Crippen molar-refractivity contribution in [2.45, 2.75) is 38.1 Å². The maximum Gasteiger partial charge on any atom is 0.240 e. The van der Waals surface area contributed by atoms with E-state index in [9.17, 15) is 8.42 Å². The van der Waals surface area contributed by atoms with Crippen molar-refractivity contribution in [3.05, 3.63) is 23.8 Å². The van der Waals surface area contributed by atoms with E-state index in [0.717, 1.165) is 25.1 Å². The molecule has 0 amide bonds. The third-order valence-corrected chi connectivity index (χ3v) is 6.24. The number of nitrogens with one attached hydrogen (secondary N) is 1. The molecule has 1 unspecified atom stereocenters. The van der Waals surface area contributed by atoms with Crippen molar-refractivity contribution in [2.24, 2.45) is 5.92 Å². The van der Waals surface area contributed by atoms with Gasteiger partial charge in [0.05, 0.1) is 24.7 Å². The first-order valence-electron chi connectivity index (χ1n) is 9.87. The van der Waals surface area contributed by atoms with Crippen LogP contribution in [-0.4, -0.2) is 72.5 Å². The quantitative estimate of drug-likeness (QED) is 0.559. The molecule has 2 rings (SSSR count). The van der Waals surface area contributed by atoms with Crippen LogP contribution >= 0.6 is 0 Å². The molecule has 1 atom stereocenters. The minimum absolute atomic E-state index is 0.163. The molecule has 1 aliphatic heterocycles. The molecule has 1 fully saturated rings. The number of hydrogen-bond acceptors (Lipinski definition) is 6. The summed E-state index contributed by atoms with van der Waals surface area (Å²) in [6.07, 6.45) is 0.938. The van der Waals surface area contributed by atoms with Gasteiger partial charge in [0, 0.05) is 32.8 Å². The smallest absolute Gasteiger partial charge is 0.240 e. The molecule has 8 heteroatoms. The molecule has 28 heavy (non-hydrogen) atoms. The van der Waals surface area contributed by atoms with Gasteiger partial charge in [-0.15, -0.1) is 0 Å². The number of sulfonamides is 1. The molecule has 0 aliphatic carbocycles. The van der Waals surface area contributed by atoms with Gasteiger partial charge in [0.15, 0.2) is 0 Å². The molecule has 1 heterocycles. The van der Waals surface area contributed by atoms with E-state index in [1.807, 2.05) is 6.92 Å². The van der Waals surface area contributed by atoms with E-state index >= 15 is 0 Å². The van der Waals surface area contributed by atoms with Gasteiger partial charge in [-0.25, -0.2) is 13.1 Å². The standard InChI is InChI=1S/C20H34N2O5S/c1-16(2)13-18(22-7-9-26-10-8-22)15-21-28(23,24)19-5-6-20(17(3)14-19)27-12-11-25-4/h5-6,14,16,18,21H,7-13,15H2,1-4H3. The van der Waals surface area contributed by atoms with Crippen molar-refractivity contribution in [3.8, 4) is 5.75 Å². The monoisotopic (exact) mass is 414 g/mol. The number of aryl methyl sites for hydroxylation is 1. The number of methoxy groups -OCH3 is 1. The lowest BCUT2D eigenvalue weighted by Crippen LogP contribution is -2.49. The van der Waals surface area contributed by atoms with Gasteiger partial charge in [0.1, 0.15) is 12.4 Å². The molecule has 0 aromatic heterocycles. The third kappa shape index (κ3) is 7.00. The lowest BCUT2D eigenvalue weighted by atomic mass is 10.0. The van der Waals surface area contributed by atoms with Crippen molar-refractivity contribution in [3.63, 3.8) is 0 Å². The van der Waals surface area contributed by atoms with Crippen LogP contribution in [0.25, 0.3) is 0 Å². The Morgan fingerprint density at radius 2 is 1.93 bits per heavy atom. The molecule has 1 aromatic carbocycles. The van der Waals surface area contributed by atoms with Crippen molar-refractivity contribution in [2.75, 3.05) is 53.2 Å². The number of rotatable bonds is 11. The first-order chi connectivity index (χ1) is 13.3. The summed E-state index contributed by atoms with van der Waals surface area (Å²) >= 11 is 0. The minimum Gasteiger partial charge on any atom is -0.491 e. The summed E-state index contributed by atoms with van der Waals surface area (Å²) in [6.45, 7) is 10.6. The summed E-state index contributed by atoms with van der Waals surface area (Å²) in [6, 6.07) is 5.10. The van der Waals surface area contributed by atoms with Crippen LogP contribution in [0.4, 0.5) is 0 Å². The molecular weight excluding hydrogens is 380 g/mol. The maximum absolute atomic E-state index is 12.8. The van der Waals surface area contributed by atoms with Gasteiger partial charge >= 0.3 is 0 Å². The molecule has 0 bridgehead atoms. The van der Waals surface area contributed by atoms with Crippen molar-refractivity contribution in [1.29, 1.82) is 0 Å². The van der Waals surface area contributed by atoms with Crippen molar-refractivity contribution < 1.29 is 22.6 Å². The van der Waals surface area contributed by atoms with E-state index in [1.54, 1.807) is 25.3 Å². The van der Waals surface area contributed by atoms with Gasteiger partial charge in [-0.1, -0.05) is 13.8 Å². The van der Waals surface area contributed by atoms with Crippen molar-refractivity contribution in [1.82, 2.24) is 9.62 Å². The Hall–Kier alpha value is -1.19. The highest BCUT2D eigenvalue weighted by atomic mass is 32.2. The number of hydrogen-bond donors (Lipinski definition) is 1. The fourth-order valence-corrected chi connectivity index (χ4v) is 4.48. The average molecular weight is 415 g/mol. The van der Waals surface area contributed by atoms with Crippen LogP contribution < -0.4 is 9.46 Å². The highest BCUT2D eigenvalue weighted by molar-refractivity contribution is 7.89. The second-order valence-electron chi connectivity index (χ2n) is 7.55. The number of ether oxygens (including phenoxy) is 3. The summed E-state index contributed by atoms with van der Waals surface area (Å²) in [5.74, 6) is 1.16. The first-order valence-corrected chi connectivity index (χ1v) is 11.4. The molecular formula is C20H34N2O5S. The van der Waals surface area contributed by atoms with Crippen LogP contribution in [-0.2, 0) is 19.5 Å². The fraction of sp³-hybridized carbons (Fsp3) is 0.700. The normalized spacial score (nSPS) is 17.0. The average Bonchev–Trinajstić information content (AvgIpc) is 2.67. The second-order valence-corrected chi connectivity index (χ2v) is 9.32. The number of benzene rings is 1. The fourth-order valence-electron chi connectivity index (χ4n) is 3.32. The molecule has 1 aliphatic rings. The topological polar surface area (TPSA) is 77.1 Å². The summed E-state index contributed by atoms with van der Waals surface area (Å²) < 4.78 is 44.4. The van der Waals surface area contributed by atoms with E-state index in [2.05, 4.69) is 23.5 Å². The van der Waals surface area contributed by atoms with Crippen LogP contribution in [0, 0.1) is 12.8 Å². The summed E-state index contributed by atoms with van der Waals surface area (Å²) in [5.41, 5.74) is 0.783. The zero-order chi connectivity index (χ0) is 20.6. The van der Waals surface area contributed by atoms with Crippen LogP contribution in [0.15, 0.2) is 23.1 Å². The van der Waals surface area contributed by atoms with E-state index in [-0.39, 0.29) is 10.9 Å². The van der Waals surface area contributed by atoms with E-state index in [0.29, 0.717) is 44.6 Å². The predicted octanol–water partition coefficient (Wildman–Crippen LogP) is 2.05. The Balaban J connectivity index is 2.03. The molecule has 160 valence electrons. The van der Waals surface area contributed by atoms with Gasteiger partial charge in [0.25, 0.3) is 0 Å². The molecule has 0 spiro atoms. The Bertz CT molecular complexity index is 703.